The van der Waals surface area contributed by atoms with E-state index < -0.39 is 0 Å². The zero-order valence-corrected chi connectivity index (χ0v) is 13.2. The van der Waals surface area contributed by atoms with Gasteiger partial charge in [-0.15, -0.1) is 0 Å². The van der Waals surface area contributed by atoms with E-state index in [4.69, 9.17) is 4.74 Å². The number of amides is 1. The molecule has 2 rings (SSSR count). The smallest absolute Gasteiger partial charge is 0.259 e. The third-order valence-corrected chi connectivity index (χ3v) is 5.06. The molecule has 1 saturated carbocycles. The van der Waals surface area contributed by atoms with Crippen molar-refractivity contribution >= 4 is 17.7 Å². The molecule has 1 aliphatic rings. The standard InChI is InChI=1S/C15H22N2O2S/c1-4-20-12-8-7-11(10-12)17(2)15(18)13-6-5-9-16-14(13)19-3/h5-6,9,11-12H,4,7-8,10H2,1-3H3. The number of ether oxygens (including phenoxy) is 1. The van der Waals surface area contributed by atoms with Gasteiger partial charge in [-0.1, -0.05) is 6.92 Å². The van der Waals surface area contributed by atoms with Gasteiger partial charge in [-0.3, -0.25) is 4.79 Å². The van der Waals surface area contributed by atoms with Crippen LogP contribution < -0.4 is 4.74 Å². The van der Waals surface area contributed by atoms with Crippen LogP contribution in [0.4, 0.5) is 0 Å². The van der Waals surface area contributed by atoms with Crippen LogP contribution in [-0.4, -0.2) is 47.0 Å². The molecule has 1 aromatic rings. The average molecular weight is 294 g/mol. The van der Waals surface area contributed by atoms with E-state index in [2.05, 4.69) is 11.9 Å². The molecule has 0 radical (unpaired) electrons. The van der Waals surface area contributed by atoms with Crippen LogP contribution in [0.25, 0.3) is 0 Å². The summed E-state index contributed by atoms with van der Waals surface area (Å²) >= 11 is 2.00. The molecule has 0 spiro atoms. The van der Waals surface area contributed by atoms with Gasteiger partial charge >= 0.3 is 0 Å². The number of rotatable bonds is 5. The molecular weight excluding hydrogens is 272 g/mol. The number of carbonyl (C=O) groups is 1. The molecule has 2 unspecified atom stereocenters. The Kier molecular flexibility index (Phi) is 5.29. The Balaban J connectivity index is 2.06. The second-order valence-corrected chi connectivity index (χ2v) is 6.60. The largest absolute Gasteiger partial charge is 0.480 e. The maximum absolute atomic E-state index is 12.6. The molecule has 20 heavy (non-hydrogen) atoms. The van der Waals surface area contributed by atoms with Crippen molar-refractivity contribution in [3.63, 3.8) is 0 Å². The molecule has 0 aromatic carbocycles. The van der Waals surface area contributed by atoms with Gasteiger partial charge in [0.1, 0.15) is 5.56 Å². The first-order valence-electron chi connectivity index (χ1n) is 7.05. The summed E-state index contributed by atoms with van der Waals surface area (Å²) < 4.78 is 5.18. The van der Waals surface area contributed by atoms with Gasteiger partial charge in [0.15, 0.2) is 0 Å². The molecule has 2 atom stereocenters. The molecular formula is C15H22N2O2S. The Bertz CT molecular complexity index is 467. The summed E-state index contributed by atoms with van der Waals surface area (Å²) in [7, 11) is 3.43. The van der Waals surface area contributed by atoms with Crippen LogP contribution in [0.2, 0.25) is 0 Å². The van der Waals surface area contributed by atoms with Crippen molar-refractivity contribution in [3.8, 4) is 5.88 Å². The molecule has 1 amide bonds. The van der Waals surface area contributed by atoms with Gasteiger partial charge in [-0.25, -0.2) is 4.98 Å². The molecule has 1 aromatic heterocycles. The fraction of sp³-hybridized carbons (Fsp3) is 0.600. The van der Waals surface area contributed by atoms with Crippen molar-refractivity contribution < 1.29 is 9.53 Å². The Morgan fingerprint density at radius 2 is 2.35 bits per heavy atom. The van der Waals surface area contributed by atoms with Crippen LogP contribution in [0.3, 0.4) is 0 Å². The number of pyridine rings is 1. The van der Waals surface area contributed by atoms with Crippen LogP contribution in [-0.2, 0) is 0 Å². The number of thioether (sulfide) groups is 1. The lowest BCUT2D eigenvalue weighted by Gasteiger charge is -2.25. The second kappa shape index (κ2) is 6.97. The number of hydrogen-bond donors (Lipinski definition) is 0. The molecule has 1 heterocycles. The van der Waals surface area contributed by atoms with E-state index in [0.29, 0.717) is 22.7 Å². The first-order valence-corrected chi connectivity index (χ1v) is 8.10. The summed E-state index contributed by atoms with van der Waals surface area (Å²) in [6.07, 6.45) is 5.01. The van der Waals surface area contributed by atoms with E-state index in [1.165, 1.54) is 6.42 Å². The molecule has 1 fully saturated rings. The lowest BCUT2D eigenvalue weighted by Crippen LogP contribution is -2.35. The summed E-state index contributed by atoms with van der Waals surface area (Å²) in [6, 6.07) is 3.88. The summed E-state index contributed by atoms with van der Waals surface area (Å²) in [6.45, 7) is 2.19. The van der Waals surface area contributed by atoms with Gasteiger partial charge in [0.05, 0.1) is 7.11 Å². The van der Waals surface area contributed by atoms with Crippen LogP contribution in [0.5, 0.6) is 5.88 Å². The molecule has 4 nitrogen and oxygen atoms in total. The first kappa shape index (κ1) is 15.2. The minimum absolute atomic E-state index is 0.00194. The van der Waals surface area contributed by atoms with E-state index >= 15 is 0 Å². The van der Waals surface area contributed by atoms with Gasteiger partial charge in [0, 0.05) is 24.5 Å². The number of aromatic nitrogens is 1. The van der Waals surface area contributed by atoms with Crippen molar-refractivity contribution in [2.24, 2.45) is 0 Å². The van der Waals surface area contributed by atoms with Crippen LogP contribution >= 0.6 is 11.8 Å². The van der Waals surface area contributed by atoms with Gasteiger partial charge in [-0.2, -0.15) is 11.8 Å². The SMILES string of the molecule is CCSC1CCC(N(C)C(=O)c2cccnc2OC)C1. The maximum atomic E-state index is 12.6. The lowest BCUT2D eigenvalue weighted by molar-refractivity contribution is 0.0731. The molecule has 110 valence electrons. The number of methoxy groups -OCH3 is 1. The van der Waals surface area contributed by atoms with E-state index in [9.17, 15) is 4.79 Å². The molecule has 0 bridgehead atoms. The van der Waals surface area contributed by atoms with Gasteiger partial charge in [-0.05, 0) is 37.1 Å². The van der Waals surface area contributed by atoms with Gasteiger partial charge in [0.2, 0.25) is 5.88 Å². The van der Waals surface area contributed by atoms with E-state index in [1.807, 2.05) is 23.7 Å². The predicted octanol–water partition coefficient (Wildman–Crippen LogP) is 2.84. The van der Waals surface area contributed by atoms with Crippen molar-refractivity contribution in [2.45, 2.75) is 37.5 Å². The quantitative estimate of drug-likeness (QED) is 0.837. The number of nitrogens with zero attached hydrogens (tertiary/aromatic N) is 2. The summed E-state index contributed by atoms with van der Waals surface area (Å²) in [5.74, 6) is 1.55. The van der Waals surface area contributed by atoms with Crippen molar-refractivity contribution in [1.29, 1.82) is 0 Å². The monoisotopic (exact) mass is 294 g/mol. The first-order chi connectivity index (χ1) is 9.67. The highest BCUT2D eigenvalue weighted by atomic mass is 32.2. The summed E-state index contributed by atoms with van der Waals surface area (Å²) in [5.41, 5.74) is 0.545. The van der Waals surface area contributed by atoms with E-state index in [-0.39, 0.29) is 5.91 Å². The van der Waals surface area contributed by atoms with Crippen LogP contribution in [0.15, 0.2) is 18.3 Å². The number of carbonyl (C=O) groups excluding carboxylic acids is 1. The Morgan fingerprint density at radius 1 is 1.55 bits per heavy atom. The second-order valence-electron chi connectivity index (χ2n) is 5.02. The van der Waals surface area contributed by atoms with Gasteiger partial charge < -0.3 is 9.64 Å². The molecule has 5 heteroatoms. The zero-order valence-electron chi connectivity index (χ0n) is 12.3. The van der Waals surface area contributed by atoms with Crippen LogP contribution in [0.1, 0.15) is 36.5 Å². The normalized spacial score (nSPS) is 21.8. The topological polar surface area (TPSA) is 42.4 Å². The third kappa shape index (κ3) is 3.26. The summed E-state index contributed by atoms with van der Waals surface area (Å²) in [4.78, 5) is 18.5. The predicted molar refractivity (Wildman–Crippen MR) is 82.4 cm³/mol. The Labute approximate surface area is 124 Å². The van der Waals surface area contributed by atoms with Crippen molar-refractivity contribution in [3.05, 3.63) is 23.9 Å². The van der Waals surface area contributed by atoms with E-state index in [0.717, 1.165) is 18.6 Å². The third-order valence-electron chi connectivity index (χ3n) is 3.82. The highest BCUT2D eigenvalue weighted by molar-refractivity contribution is 7.99. The minimum atomic E-state index is 0.00194. The Hall–Kier alpha value is -1.23. The highest BCUT2D eigenvalue weighted by Gasteiger charge is 2.31. The minimum Gasteiger partial charge on any atom is -0.480 e. The fourth-order valence-electron chi connectivity index (χ4n) is 2.73. The highest BCUT2D eigenvalue weighted by Crippen LogP contribution is 2.33. The van der Waals surface area contributed by atoms with E-state index in [1.54, 1.807) is 25.4 Å². The molecule has 0 saturated heterocycles. The van der Waals surface area contributed by atoms with Crippen molar-refractivity contribution in [2.75, 3.05) is 19.9 Å². The fourth-order valence-corrected chi connectivity index (χ4v) is 3.86. The van der Waals surface area contributed by atoms with Gasteiger partial charge in [0.25, 0.3) is 5.91 Å². The van der Waals surface area contributed by atoms with Crippen molar-refractivity contribution in [1.82, 2.24) is 9.88 Å². The average Bonchev–Trinajstić information content (AvgIpc) is 2.94. The molecule has 1 aliphatic carbocycles. The molecule has 0 aliphatic heterocycles. The maximum Gasteiger partial charge on any atom is 0.259 e. The molecule has 0 N–H and O–H groups in total. The van der Waals surface area contributed by atoms with Crippen LogP contribution in [0, 0.1) is 0 Å². The lowest BCUT2D eigenvalue weighted by atomic mass is 10.1. The Morgan fingerprint density at radius 3 is 3.05 bits per heavy atom. The number of hydrogen-bond acceptors (Lipinski definition) is 4. The zero-order chi connectivity index (χ0) is 14.5. The summed E-state index contributed by atoms with van der Waals surface area (Å²) in [5, 5.41) is 0.691.